The standard InChI is InChI=1S/C13H16F2N2O3/c1-2-3-4-10(12(18)19)16-13(20)17-11-7-8(14)5-6-9(11)15/h5-7,10H,2-4H2,1H3,(H,18,19)(H2,16,17,20). The van der Waals surface area contributed by atoms with Crippen LogP contribution in [-0.2, 0) is 4.79 Å². The van der Waals surface area contributed by atoms with E-state index < -0.39 is 29.7 Å². The Hall–Kier alpha value is -2.18. The van der Waals surface area contributed by atoms with Gasteiger partial charge in [0.2, 0.25) is 0 Å². The van der Waals surface area contributed by atoms with Crippen molar-refractivity contribution in [2.45, 2.75) is 32.2 Å². The van der Waals surface area contributed by atoms with Crippen LogP contribution in [0, 0.1) is 11.6 Å². The highest BCUT2D eigenvalue weighted by atomic mass is 19.1. The Bertz CT molecular complexity index is 495. The lowest BCUT2D eigenvalue weighted by Crippen LogP contribution is -2.43. The van der Waals surface area contributed by atoms with Crippen molar-refractivity contribution < 1.29 is 23.5 Å². The van der Waals surface area contributed by atoms with Gasteiger partial charge in [-0.3, -0.25) is 0 Å². The highest BCUT2D eigenvalue weighted by molar-refractivity contribution is 5.92. The highest BCUT2D eigenvalue weighted by Gasteiger charge is 2.19. The maximum atomic E-state index is 13.3. The predicted octanol–water partition coefficient (Wildman–Crippen LogP) is 2.73. The number of hydrogen-bond acceptors (Lipinski definition) is 2. The van der Waals surface area contributed by atoms with E-state index in [4.69, 9.17) is 5.11 Å². The molecule has 7 heteroatoms. The molecule has 0 aliphatic carbocycles. The molecule has 5 nitrogen and oxygen atoms in total. The summed E-state index contributed by atoms with van der Waals surface area (Å²) in [5.41, 5.74) is -0.345. The smallest absolute Gasteiger partial charge is 0.326 e. The number of urea groups is 1. The maximum Gasteiger partial charge on any atom is 0.326 e. The summed E-state index contributed by atoms with van der Waals surface area (Å²) in [5.74, 6) is -2.68. The zero-order valence-electron chi connectivity index (χ0n) is 11.0. The molecule has 1 atom stereocenters. The van der Waals surface area contributed by atoms with Gasteiger partial charge in [-0.25, -0.2) is 18.4 Å². The van der Waals surface area contributed by atoms with Crippen LogP contribution in [0.5, 0.6) is 0 Å². The SMILES string of the molecule is CCCCC(NC(=O)Nc1cc(F)ccc1F)C(=O)O. The topological polar surface area (TPSA) is 78.4 Å². The summed E-state index contributed by atoms with van der Waals surface area (Å²) in [7, 11) is 0. The average Bonchev–Trinajstić information content (AvgIpc) is 2.38. The van der Waals surface area contributed by atoms with Gasteiger partial charge in [-0.15, -0.1) is 0 Å². The molecular formula is C13H16F2N2O3. The number of carboxylic acids is 1. The number of carbonyl (C=O) groups is 2. The molecule has 20 heavy (non-hydrogen) atoms. The summed E-state index contributed by atoms with van der Waals surface area (Å²) in [6.45, 7) is 1.89. The third kappa shape index (κ3) is 4.83. The Morgan fingerprint density at radius 1 is 1.35 bits per heavy atom. The molecule has 0 fully saturated rings. The van der Waals surface area contributed by atoms with Crippen LogP contribution in [0.25, 0.3) is 0 Å². The minimum atomic E-state index is -1.17. The zero-order valence-corrected chi connectivity index (χ0v) is 11.0. The van der Waals surface area contributed by atoms with Crippen LogP contribution < -0.4 is 10.6 Å². The van der Waals surface area contributed by atoms with Crippen LogP contribution >= 0.6 is 0 Å². The molecule has 1 rings (SSSR count). The van der Waals surface area contributed by atoms with Crippen molar-refractivity contribution in [3.05, 3.63) is 29.8 Å². The fraction of sp³-hybridized carbons (Fsp3) is 0.385. The van der Waals surface area contributed by atoms with E-state index in [1.54, 1.807) is 0 Å². The number of anilines is 1. The van der Waals surface area contributed by atoms with E-state index in [1.165, 1.54) is 0 Å². The fourth-order valence-electron chi connectivity index (χ4n) is 1.58. The van der Waals surface area contributed by atoms with E-state index in [0.717, 1.165) is 24.6 Å². The molecule has 1 unspecified atom stereocenters. The van der Waals surface area contributed by atoms with Crippen LogP contribution in [0.15, 0.2) is 18.2 Å². The summed E-state index contributed by atoms with van der Waals surface area (Å²) in [5, 5.41) is 13.2. The van der Waals surface area contributed by atoms with Crippen molar-refractivity contribution in [2.75, 3.05) is 5.32 Å². The minimum absolute atomic E-state index is 0.269. The Kier molecular flexibility index (Phi) is 5.89. The Balaban J connectivity index is 2.65. The Labute approximate surface area is 115 Å². The molecule has 0 aliphatic heterocycles. The molecule has 2 amide bonds. The van der Waals surface area contributed by atoms with Gasteiger partial charge in [-0.2, -0.15) is 0 Å². The van der Waals surface area contributed by atoms with Gasteiger partial charge < -0.3 is 15.7 Å². The van der Waals surface area contributed by atoms with Crippen LogP contribution in [0.2, 0.25) is 0 Å². The average molecular weight is 286 g/mol. The molecule has 0 bridgehead atoms. The van der Waals surface area contributed by atoms with Gasteiger partial charge in [0, 0.05) is 6.07 Å². The van der Waals surface area contributed by atoms with E-state index in [0.29, 0.717) is 6.42 Å². The van der Waals surface area contributed by atoms with E-state index in [9.17, 15) is 18.4 Å². The molecular weight excluding hydrogens is 270 g/mol. The fourth-order valence-corrected chi connectivity index (χ4v) is 1.58. The summed E-state index contributed by atoms with van der Waals surface area (Å²) in [4.78, 5) is 22.5. The molecule has 0 aliphatic rings. The number of benzene rings is 1. The number of carboxylic acid groups (broad SMARTS) is 1. The quantitative estimate of drug-likeness (QED) is 0.752. The third-order valence-electron chi connectivity index (χ3n) is 2.63. The molecule has 1 aromatic carbocycles. The number of aliphatic carboxylic acids is 1. The lowest BCUT2D eigenvalue weighted by atomic mass is 10.1. The second kappa shape index (κ2) is 7.42. The molecule has 0 saturated heterocycles. The van der Waals surface area contributed by atoms with E-state index in [1.807, 2.05) is 6.92 Å². The van der Waals surface area contributed by atoms with Gasteiger partial charge in [0.25, 0.3) is 0 Å². The molecule has 0 aromatic heterocycles. The lowest BCUT2D eigenvalue weighted by Gasteiger charge is -2.15. The molecule has 3 N–H and O–H groups in total. The first kappa shape index (κ1) is 15.9. The van der Waals surface area contributed by atoms with Crippen LogP contribution in [0.3, 0.4) is 0 Å². The number of halogens is 2. The van der Waals surface area contributed by atoms with Gasteiger partial charge in [-0.1, -0.05) is 19.8 Å². The molecule has 0 heterocycles. The van der Waals surface area contributed by atoms with Crippen molar-refractivity contribution in [1.82, 2.24) is 5.32 Å². The first-order valence-electron chi connectivity index (χ1n) is 6.19. The van der Waals surface area contributed by atoms with E-state index >= 15 is 0 Å². The second-order valence-corrected chi connectivity index (χ2v) is 4.26. The number of amides is 2. The van der Waals surface area contributed by atoms with E-state index in [-0.39, 0.29) is 12.1 Å². The Morgan fingerprint density at radius 3 is 2.65 bits per heavy atom. The van der Waals surface area contributed by atoms with Crippen LogP contribution in [-0.4, -0.2) is 23.1 Å². The summed E-state index contributed by atoms with van der Waals surface area (Å²) < 4.78 is 26.2. The molecule has 110 valence electrons. The highest BCUT2D eigenvalue weighted by Crippen LogP contribution is 2.15. The number of rotatable bonds is 6. The predicted molar refractivity (Wildman–Crippen MR) is 69.5 cm³/mol. The van der Waals surface area contributed by atoms with Crippen molar-refractivity contribution in [3.63, 3.8) is 0 Å². The van der Waals surface area contributed by atoms with Gasteiger partial charge in [-0.05, 0) is 18.6 Å². The van der Waals surface area contributed by atoms with Crippen molar-refractivity contribution in [2.24, 2.45) is 0 Å². The van der Waals surface area contributed by atoms with Gasteiger partial charge in [0.05, 0.1) is 5.69 Å². The summed E-state index contributed by atoms with van der Waals surface area (Å²) in [6.07, 6.45) is 1.68. The third-order valence-corrected chi connectivity index (χ3v) is 2.63. The van der Waals surface area contributed by atoms with Gasteiger partial charge >= 0.3 is 12.0 Å². The number of hydrogen-bond donors (Lipinski definition) is 3. The maximum absolute atomic E-state index is 13.3. The number of carbonyl (C=O) groups excluding carboxylic acids is 1. The van der Waals surface area contributed by atoms with Gasteiger partial charge in [0.1, 0.15) is 17.7 Å². The first-order valence-corrected chi connectivity index (χ1v) is 6.19. The van der Waals surface area contributed by atoms with Crippen molar-refractivity contribution >= 4 is 17.7 Å². The largest absolute Gasteiger partial charge is 0.480 e. The Morgan fingerprint density at radius 2 is 2.05 bits per heavy atom. The van der Waals surface area contributed by atoms with Crippen LogP contribution in [0.4, 0.5) is 19.3 Å². The van der Waals surface area contributed by atoms with Gasteiger partial charge in [0.15, 0.2) is 0 Å². The van der Waals surface area contributed by atoms with Crippen molar-refractivity contribution in [1.29, 1.82) is 0 Å². The normalized spacial score (nSPS) is 11.8. The zero-order chi connectivity index (χ0) is 15.1. The second-order valence-electron chi connectivity index (χ2n) is 4.26. The van der Waals surface area contributed by atoms with Crippen LogP contribution in [0.1, 0.15) is 26.2 Å². The van der Waals surface area contributed by atoms with Crippen molar-refractivity contribution in [3.8, 4) is 0 Å². The number of unbranched alkanes of at least 4 members (excludes halogenated alkanes) is 1. The monoisotopic (exact) mass is 286 g/mol. The summed E-state index contributed by atoms with van der Waals surface area (Å²) in [6, 6.07) is 0.650. The lowest BCUT2D eigenvalue weighted by molar-refractivity contribution is -0.139. The minimum Gasteiger partial charge on any atom is -0.480 e. The molecule has 0 spiro atoms. The summed E-state index contributed by atoms with van der Waals surface area (Å²) >= 11 is 0. The molecule has 1 aromatic rings. The first-order chi connectivity index (χ1) is 9.43. The molecule has 0 radical (unpaired) electrons. The van der Waals surface area contributed by atoms with E-state index in [2.05, 4.69) is 10.6 Å². The number of nitrogens with one attached hydrogen (secondary N) is 2. The molecule has 0 saturated carbocycles.